The molecule has 0 spiro atoms. The maximum atomic E-state index is 9.43. The summed E-state index contributed by atoms with van der Waals surface area (Å²) in [5.41, 5.74) is 3.33. The second-order valence-electron chi connectivity index (χ2n) is 6.25. The normalized spacial score (nSPS) is 13.5. The van der Waals surface area contributed by atoms with E-state index in [1.807, 2.05) is 47.8 Å². The first-order chi connectivity index (χ1) is 13.8. The van der Waals surface area contributed by atoms with Crippen LogP contribution in [0.3, 0.4) is 0 Å². The van der Waals surface area contributed by atoms with Crippen molar-refractivity contribution in [1.82, 2.24) is 15.3 Å². The van der Waals surface area contributed by atoms with Gasteiger partial charge in [0.25, 0.3) is 0 Å². The minimum atomic E-state index is -0.0122. The molecular formula is C20H21N5O2S. The number of nitrogens with one attached hydrogen (secondary N) is 2. The molecule has 144 valence electrons. The van der Waals surface area contributed by atoms with Crippen LogP contribution in [-0.2, 0) is 13.2 Å². The number of aliphatic imine (C=N–C) groups is 1. The van der Waals surface area contributed by atoms with E-state index in [9.17, 15) is 5.11 Å². The largest absolute Gasteiger partial charge is 0.473 e. The van der Waals surface area contributed by atoms with Crippen molar-refractivity contribution in [2.75, 3.05) is 18.4 Å². The fourth-order valence-electron chi connectivity index (χ4n) is 2.81. The molecule has 0 radical (unpaired) electrons. The van der Waals surface area contributed by atoms with Crippen LogP contribution in [0.25, 0.3) is 11.4 Å². The first-order valence-corrected chi connectivity index (χ1v) is 9.98. The van der Waals surface area contributed by atoms with Gasteiger partial charge in [0.2, 0.25) is 5.88 Å². The lowest BCUT2D eigenvalue weighted by molar-refractivity contribution is 0.266. The van der Waals surface area contributed by atoms with E-state index >= 15 is 0 Å². The summed E-state index contributed by atoms with van der Waals surface area (Å²) >= 11 is 1.51. The van der Waals surface area contributed by atoms with Gasteiger partial charge in [-0.1, -0.05) is 30.3 Å². The number of pyridine rings is 1. The summed E-state index contributed by atoms with van der Waals surface area (Å²) < 4.78 is 5.83. The van der Waals surface area contributed by atoms with Crippen molar-refractivity contribution in [3.8, 4) is 17.3 Å². The van der Waals surface area contributed by atoms with Crippen LogP contribution >= 0.6 is 11.3 Å². The third-order valence-corrected chi connectivity index (χ3v) is 5.03. The summed E-state index contributed by atoms with van der Waals surface area (Å²) in [6.45, 7) is 2.09. The number of nitrogens with zero attached hydrogens (tertiary/aromatic N) is 3. The van der Waals surface area contributed by atoms with E-state index in [2.05, 4.69) is 25.6 Å². The zero-order valence-electron chi connectivity index (χ0n) is 15.3. The highest BCUT2D eigenvalue weighted by Gasteiger charge is 2.10. The molecule has 1 aliphatic heterocycles. The SMILES string of the molecule is OCc1ccccc1COc1cccc(-c2csc(NC3=NCCCN3)n2)n1. The number of anilines is 1. The second kappa shape index (κ2) is 8.81. The Kier molecular flexibility index (Phi) is 5.79. The number of thiazole rings is 1. The molecule has 1 aliphatic rings. The van der Waals surface area contributed by atoms with E-state index in [-0.39, 0.29) is 6.61 Å². The Morgan fingerprint density at radius 3 is 2.79 bits per heavy atom. The Morgan fingerprint density at radius 1 is 1.07 bits per heavy atom. The summed E-state index contributed by atoms with van der Waals surface area (Å²) in [6.07, 6.45) is 1.05. The fourth-order valence-corrected chi connectivity index (χ4v) is 3.51. The minimum absolute atomic E-state index is 0.0122. The molecule has 0 amide bonds. The highest BCUT2D eigenvalue weighted by Crippen LogP contribution is 2.25. The lowest BCUT2D eigenvalue weighted by atomic mass is 10.1. The molecule has 3 aromatic rings. The van der Waals surface area contributed by atoms with Gasteiger partial charge in [-0.25, -0.2) is 9.97 Å². The number of hydrogen-bond acceptors (Lipinski definition) is 8. The van der Waals surface area contributed by atoms with Gasteiger partial charge in [-0.3, -0.25) is 4.99 Å². The van der Waals surface area contributed by atoms with Gasteiger partial charge in [0, 0.05) is 24.5 Å². The number of rotatable bonds is 6. The lowest BCUT2D eigenvalue weighted by Crippen LogP contribution is -2.35. The molecule has 0 unspecified atom stereocenters. The topological polar surface area (TPSA) is 91.7 Å². The van der Waals surface area contributed by atoms with Gasteiger partial charge < -0.3 is 20.5 Å². The molecule has 0 saturated heterocycles. The van der Waals surface area contributed by atoms with Gasteiger partial charge in [0.1, 0.15) is 12.3 Å². The van der Waals surface area contributed by atoms with Crippen LogP contribution in [0.1, 0.15) is 17.5 Å². The van der Waals surface area contributed by atoms with E-state index in [0.717, 1.165) is 53.1 Å². The molecular weight excluding hydrogens is 374 g/mol. The number of benzene rings is 1. The van der Waals surface area contributed by atoms with Gasteiger partial charge in [-0.2, -0.15) is 0 Å². The van der Waals surface area contributed by atoms with E-state index in [1.54, 1.807) is 0 Å². The zero-order valence-corrected chi connectivity index (χ0v) is 16.1. The smallest absolute Gasteiger partial charge is 0.214 e. The van der Waals surface area contributed by atoms with E-state index in [4.69, 9.17) is 4.74 Å². The number of aliphatic hydroxyl groups excluding tert-OH is 1. The predicted molar refractivity (Wildman–Crippen MR) is 111 cm³/mol. The molecule has 0 aliphatic carbocycles. The third kappa shape index (κ3) is 4.47. The van der Waals surface area contributed by atoms with E-state index in [0.29, 0.717) is 12.5 Å². The van der Waals surface area contributed by atoms with Crippen molar-refractivity contribution in [1.29, 1.82) is 0 Å². The van der Waals surface area contributed by atoms with Crippen molar-refractivity contribution in [3.63, 3.8) is 0 Å². The molecule has 0 bridgehead atoms. The van der Waals surface area contributed by atoms with Gasteiger partial charge in [-0.05, 0) is 23.6 Å². The summed E-state index contributed by atoms with van der Waals surface area (Å²) in [7, 11) is 0. The summed E-state index contributed by atoms with van der Waals surface area (Å²) in [6, 6.07) is 13.3. The highest BCUT2D eigenvalue weighted by atomic mass is 32.1. The standard InChI is InChI=1S/C20H21N5O2S/c26-11-14-5-1-2-6-15(14)12-27-18-8-3-7-16(23-18)17-13-28-20(24-17)25-19-21-9-4-10-22-19/h1-3,5-8,13,26H,4,9-12H2,(H2,21,22,24,25). The molecule has 4 rings (SSSR count). The van der Waals surface area contributed by atoms with Gasteiger partial charge >= 0.3 is 0 Å². The number of hydrogen-bond donors (Lipinski definition) is 3. The number of aromatic nitrogens is 2. The van der Waals surface area contributed by atoms with Crippen LogP contribution in [0, 0.1) is 0 Å². The first-order valence-electron chi connectivity index (χ1n) is 9.10. The molecule has 0 fully saturated rings. The van der Waals surface area contributed by atoms with Crippen LogP contribution in [0.5, 0.6) is 5.88 Å². The number of guanidine groups is 1. The molecule has 28 heavy (non-hydrogen) atoms. The molecule has 0 atom stereocenters. The summed E-state index contributed by atoms with van der Waals surface area (Å²) in [4.78, 5) is 13.6. The van der Waals surface area contributed by atoms with Crippen molar-refractivity contribution in [2.45, 2.75) is 19.6 Å². The molecule has 1 aromatic carbocycles. The minimum Gasteiger partial charge on any atom is -0.473 e. The summed E-state index contributed by atoms with van der Waals surface area (Å²) in [5.74, 6) is 1.28. The van der Waals surface area contributed by atoms with E-state index in [1.165, 1.54) is 11.3 Å². The third-order valence-electron chi connectivity index (χ3n) is 4.28. The predicted octanol–water partition coefficient (Wildman–Crippen LogP) is 3.04. The molecule has 3 N–H and O–H groups in total. The monoisotopic (exact) mass is 395 g/mol. The Hall–Kier alpha value is -2.97. The Balaban J connectivity index is 1.44. The van der Waals surface area contributed by atoms with Crippen LogP contribution in [0.15, 0.2) is 52.8 Å². The van der Waals surface area contributed by atoms with Gasteiger partial charge in [0.05, 0.1) is 12.3 Å². The lowest BCUT2D eigenvalue weighted by Gasteiger charge is -2.14. The maximum absolute atomic E-state index is 9.43. The van der Waals surface area contributed by atoms with Crippen molar-refractivity contribution >= 4 is 22.4 Å². The highest BCUT2D eigenvalue weighted by molar-refractivity contribution is 7.14. The first kappa shape index (κ1) is 18.4. The Bertz CT molecular complexity index is 972. The van der Waals surface area contributed by atoms with Crippen molar-refractivity contribution in [2.24, 2.45) is 4.99 Å². The number of aliphatic hydroxyl groups is 1. The quantitative estimate of drug-likeness (QED) is 0.594. The molecule has 2 aromatic heterocycles. The van der Waals surface area contributed by atoms with Crippen LogP contribution in [0.2, 0.25) is 0 Å². The average molecular weight is 395 g/mol. The number of ether oxygens (including phenoxy) is 1. The fraction of sp³-hybridized carbons (Fsp3) is 0.250. The van der Waals surface area contributed by atoms with Crippen molar-refractivity contribution < 1.29 is 9.84 Å². The summed E-state index contributed by atoms with van der Waals surface area (Å²) in [5, 5.41) is 18.6. The average Bonchev–Trinajstić information content (AvgIpc) is 3.22. The van der Waals surface area contributed by atoms with Crippen LogP contribution in [-0.4, -0.2) is 34.1 Å². The molecule has 0 saturated carbocycles. The Morgan fingerprint density at radius 2 is 1.96 bits per heavy atom. The van der Waals surface area contributed by atoms with Gasteiger partial charge in [0.15, 0.2) is 11.1 Å². The molecule has 7 nitrogen and oxygen atoms in total. The molecule has 3 heterocycles. The maximum Gasteiger partial charge on any atom is 0.214 e. The molecule has 8 heteroatoms. The Labute approximate surface area is 167 Å². The zero-order chi connectivity index (χ0) is 19.2. The second-order valence-corrected chi connectivity index (χ2v) is 7.11. The van der Waals surface area contributed by atoms with Crippen LogP contribution in [0.4, 0.5) is 5.13 Å². The van der Waals surface area contributed by atoms with Crippen molar-refractivity contribution in [3.05, 3.63) is 59.0 Å². The van der Waals surface area contributed by atoms with E-state index < -0.39 is 0 Å². The van der Waals surface area contributed by atoms with Gasteiger partial charge in [-0.15, -0.1) is 11.3 Å². The van der Waals surface area contributed by atoms with Crippen LogP contribution < -0.4 is 15.4 Å².